The van der Waals surface area contributed by atoms with Crippen LogP contribution in [0, 0.1) is 28.4 Å². The van der Waals surface area contributed by atoms with E-state index in [-0.39, 0.29) is 12.1 Å². The highest BCUT2D eigenvalue weighted by Crippen LogP contribution is 2.30. The zero-order chi connectivity index (χ0) is 10.7. The number of nitro benzene ring substituents is 1. The first-order valence-electron chi connectivity index (χ1n) is 3.87. The predicted molar refractivity (Wildman–Crippen MR) is 54.9 cm³/mol. The molecule has 0 aliphatic rings. The summed E-state index contributed by atoms with van der Waals surface area (Å²) in [5, 5.41) is 19.1. The summed E-state index contributed by atoms with van der Waals surface area (Å²) in [5.74, 6) is 0. The summed E-state index contributed by atoms with van der Waals surface area (Å²) >= 11 is 3.15. The molecular weight excluding hydrogens is 248 g/mol. The van der Waals surface area contributed by atoms with Crippen molar-refractivity contribution in [2.24, 2.45) is 0 Å². The van der Waals surface area contributed by atoms with Crippen LogP contribution in [0.15, 0.2) is 16.6 Å². The summed E-state index contributed by atoms with van der Waals surface area (Å²) in [5.41, 5.74) is 1.59. The SMILES string of the molecule is Cc1c(CC#N)ccc([N+](=O)[O-])c1Br. The quantitative estimate of drug-likeness (QED) is 0.602. The molecule has 5 heteroatoms. The van der Waals surface area contributed by atoms with Crippen LogP contribution < -0.4 is 0 Å². The second-order valence-corrected chi connectivity index (χ2v) is 3.57. The smallest absolute Gasteiger partial charge is 0.258 e. The van der Waals surface area contributed by atoms with Gasteiger partial charge in [0.25, 0.3) is 5.69 Å². The van der Waals surface area contributed by atoms with Crippen LogP contribution in [-0.2, 0) is 6.42 Å². The Bertz CT molecular complexity index is 424. The van der Waals surface area contributed by atoms with Gasteiger partial charge in [0.1, 0.15) is 0 Å². The Hall–Kier alpha value is -1.41. The molecule has 72 valence electrons. The van der Waals surface area contributed by atoms with Gasteiger partial charge in [-0.05, 0) is 34.0 Å². The van der Waals surface area contributed by atoms with Gasteiger partial charge < -0.3 is 0 Å². The molecule has 0 saturated heterocycles. The van der Waals surface area contributed by atoms with Gasteiger partial charge >= 0.3 is 0 Å². The number of benzene rings is 1. The lowest BCUT2D eigenvalue weighted by atomic mass is 10.1. The molecule has 0 aromatic heterocycles. The van der Waals surface area contributed by atoms with E-state index in [2.05, 4.69) is 15.9 Å². The lowest BCUT2D eigenvalue weighted by Crippen LogP contribution is -1.95. The fourth-order valence-electron chi connectivity index (χ4n) is 1.13. The van der Waals surface area contributed by atoms with E-state index in [0.29, 0.717) is 4.47 Å². The summed E-state index contributed by atoms with van der Waals surface area (Å²) < 4.78 is 0.454. The van der Waals surface area contributed by atoms with E-state index in [0.717, 1.165) is 11.1 Å². The van der Waals surface area contributed by atoms with Crippen LogP contribution in [0.3, 0.4) is 0 Å². The van der Waals surface area contributed by atoms with Gasteiger partial charge in [-0.3, -0.25) is 10.1 Å². The Morgan fingerprint density at radius 2 is 2.29 bits per heavy atom. The molecule has 0 bridgehead atoms. The Labute approximate surface area is 89.4 Å². The van der Waals surface area contributed by atoms with Gasteiger partial charge in [0, 0.05) is 6.07 Å². The van der Waals surface area contributed by atoms with Gasteiger partial charge in [-0.15, -0.1) is 0 Å². The maximum absolute atomic E-state index is 10.6. The molecule has 0 N–H and O–H groups in total. The topological polar surface area (TPSA) is 66.9 Å². The molecule has 14 heavy (non-hydrogen) atoms. The zero-order valence-electron chi connectivity index (χ0n) is 7.45. The van der Waals surface area contributed by atoms with Crippen LogP contribution in [0.4, 0.5) is 5.69 Å². The fraction of sp³-hybridized carbons (Fsp3) is 0.222. The molecule has 0 aliphatic carbocycles. The van der Waals surface area contributed by atoms with E-state index < -0.39 is 4.92 Å². The van der Waals surface area contributed by atoms with Gasteiger partial charge in [-0.2, -0.15) is 5.26 Å². The van der Waals surface area contributed by atoms with E-state index in [1.54, 1.807) is 13.0 Å². The highest BCUT2D eigenvalue weighted by molar-refractivity contribution is 9.10. The number of nitro groups is 1. The minimum absolute atomic E-state index is 0.0317. The molecule has 0 amide bonds. The Morgan fingerprint density at radius 3 is 2.79 bits per heavy atom. The number of halogens is 1. The van der Waals surface area contributed by atoms with E-state index in [9.17, 15) is 10.1 Å². The third kappa shape index (κ3) is 1.91. The molecule has 1 aromatic carbocycles. The summed E-state index contributed by atoms with van der Waals surface area (Å²) in [4.78, 5) is 10.1. The van der Waals surface area contributed by atoms with Crippen molar-refractivity contribution in [1.82, 2.24) is 0 Å². The molecule has 4 nitrogen and oxygen atoms in total. The molecule has 0 saturated carbocycles. The first-order valence-corrected chi connectivity index (χ1v) is 4.66. The molecule has 1 rings (SSSR count). The van der Waals surface area contributed by atoms with Crippen molar-refractivity contribution in [3.63, 3.8) is 0 Å². The minimum atomic E-state index is -0.451. The molecule has 0 fully saturated rings. The van der Waals surface area contributed by atoms with Gasteiger partial charge in [0.05, 0.1) is 21.9 Å². The van der Waals surface area contributed by atoms with E-state index >= 15 is 0 Å². The predicted octanol–water partition coefficient (Wildman–Crippen LogP) is 2.73. The standard InChI is InChI=1S/C9H7BrN2O2/c1-6-7(4-5-11)2-3-8(9(6)10)12(13)14/h2-3H,4H2,1H3. The highest BCUT2D eigenvalue weighted by atomic mass is 79.9. The number of nitriles is 1. The molecular formula is C9H7BrN2O2. The van der Waals surface area contributed by atoms with Crippen molar-refractivity contribution in [3.8, 4) is 6.07 Å². The molecule has 0 atom stereocenters. The van der Waals surface area contributed by atoms with Crippen molar-refractivity contribution in [1.29, 1.82) is 5.26 Å². The van der Waals surface area contributed by atoms with Crippen molar-refractivity contribution >= 4 is 21.6 Å². The lowest BCUT2D eigenvalue weighted by Gasteiger charge is -2.04. The maximum atomic E-state index is 10.6. The monoisotopic (exact) mass is 254 g/mol. The van der Waals surface area contributed by atoms with Crippen LogP contribution in [-0.4, -0.2) is 4.92 Å². The Morgan fingerprint density at radius 1 is 1.64 bits per heavy atom. The van der Waals surface area contributed by atoms with Crippen LogP contribution in [0.2, 0.25) is 0 Å². The van der Waals surface area contributed by atoms with E-state index in [1.807, 2.05) is 6.07 Å². The number of nitrogens with zero attached hydrogens (tertiary/aromatic N) is 2. The van der Waals surface area contributed by atoms with Gasteiger partial charge in [0.2, 0.25) is 0 Å². The molecule has 0 spiro atoms. The molecule has 0 radical (unpaired) electrons. The average molecular weight is 255 g/mol. The average Bonchev–Trinajstić information content (AvgIpc) is 2.13. The van der Waals surface area contributed by atoms with Crippen molar-refractivity contribution in [3.05, 3.63) is 37.8 Å². The van der Waals surface area contributed by atoms with Crippen molar-refractivity contribution < 1.29 is 4.92 Å². The fourth-order valence-corrected chi connectivity index (χ4v) is 1.66. The summed E-state index contributed by atoms with van der Waals surface area (Å²) in [7, 11) is 0. The Balaban J connectivity index is 3.27. The normalized spacial score (nSPS) is 9.50. The van der Waals surface area contributed by atoms with Crippen LogP contribution in [0.25, 0.3) is 0 Å². The third-order valence-electron chi connectivity index (χ3n) is 1.94. The molecule has 0 aliphatic heterocycles. The lowest BCUT2D eigenvalue weighted by molar-refractivity contribution is -0.385. The second-order valence-electron chi connectivity index (χ2n) is 2.77. The maximum Gasteiger partial charge on any atom is 0.283 e. The third-order valence-corrected chi connectivity index (χ3v) is 2.95. The van der Waals surface area contributed by atoms with Crippen molar-refractivity contribution in [2.45, 2.75) is 13.3 Å². The number of hydrogen-bond acceptors (Lipinski definition) is 3. The molecule has 0 unspecified atom stereocenters. The van der Waals surface area contributed by atoms with Gasteiger partial charge in [-0.25, -0.2) is 0 Å². The molecule has 1 aromatic rings. The first kappa shape index (κ1) is 10.7. The van der Waals surface area contributed by atoms with Gasteiger partial charge in [0.15, 0.2) is 0 Å². The molecule has 0 heterocycles. The summed E-state index contributed by atoms with van der Waals surface area (Å²) in [6, 6.07) is 5.03. The van der Waals surface area contributed by atoms with Crippen LogP contribution >= 0.6 is 15.9 Å². The van der Waals surface area contributed by atoms with Gasteiger partial charge in [-0.1, -0.05) is 6.07 Å². The minimum Gasteiger partial charge on any atom is -0.258 e. The van der Waals surface area contributed by atoms with Crippen LogP contribution in [0.5, 0.6) is 0 Å². The van der Waals surface area contributed by atoms with Crippen molar-refractivity contribution in [2.75, 3.05) is 0 Å². The number of rotatable bonds is 2. The number of hydrogen-bond donors (Lipinski definition) is 0. The van der Waals surface area contributed by atoms with E-state index in [4.69, 9.17) is 5.26 Å². The summed E-state index contributed by atoms with van der Waals surface area (Å²) in [6.45, 7) is 1.75. The zero-order valence-corrected chi connectivity index (χ0v) is 9.04. The second kappa shape index (κ2) is 4.20. The van der Waals surface area contributed by atoms with E-state index in [1.165, 1.54) is 6.07 Å². The first-order chi connectivity index (χ1) is 6.57. The Kier molecular flexibility index (Phi) is 3.20. The largest absolute Gasteiger partial charge is 0.283 e. The highest BCUT2D eigenvalue weighted by Gasteiger charge is 2.15. The van der Waals surface area contributed by atoms with Crippen LogP contribution in [0.1, 0.15) is 11.1 Å². The summed E-state index contributed by atoms with van der Waals surface area (Å²) in [6.07, 6.45) is 0.266.